The molecule has 0 spiro atoms. The number of nitrogens with one attached hydrogen (secondary N) is 1. The number of nitrogens with zero attached hydrogens (tertiary/aromatic N) is 1. The third kappa shape index (κ3) is 3.11. The summed E-state index contributed by atoms with van der Waals surface area (Å²) in [6, 6.07) is 9.31. The first kappa shape index (κ1) is 14.5. The van der Waals surface area contributed by atoms with Gasteiger partial charge in [-0.1, -0.05) is 38.5 Å². The van der Waals surface area contributed by atoms with Crippen LogP contribution in [0.3, 0.4) is 0 Å². The van der Waals surface area contributed by atoms with E-state index in [1.807, 2.05) is 12.4 Å². The quantitative estimate of drug-likeness (QED) is 0.859. The van der Waals surface area contributed by atoms with Crippen molar-refractivity contribution in [1.82, 2.24) is 10.3 Å². The minimum Gasteiger partial charge on any atom is -0.310 e. The Labute approximate surface area is 128 Å². The lowest BCUT2D eigenvalue weighted by Crippen LogP contribution is -2.28. The minimum absolute atomic E-state index is 0.487. The maximum absolute atomic E-state index is 4.26. The number of aromatic nitrogens is 1. The van der Waals surface area contributed by atoms with Gasteiger partial charge in [-0.15, -0.1) is 0 Å². The van der Waals surface area contributed by atoms with E-state index in [4.69, 9.17) is 0 Å². The molecule has 0 radical (unpaired) electrons. The molecule has 1 fully saturated rings. The zero-order valence-electron chi connectivity index (χ0n) is 13.2. The molecule has 2 nitrogen and oxygen atoms in total. The van der Waals surface area contributed by atoms with Crippen LogP contribution in [0.5, 0.6) is 0 Å². The Morgan fingerprint density at radius 2 is 2.19 bits per heavy atom. The van der Waals surface area contributed by atoms with Gasteiger partial charge < -0.3 is 5.32 Å². The topological polar surface area (TPSA) is 24.9 Å². The molecular weight excluding hydrogens is 256 g/mol. The molecule has 0 bridgehead atoms. The molecule has 0 saturated heterocycles. The Hall–Kier alpha value is -1.41. The molecule has 3 rings (SSSR count). The average molecular weight is 282 g/mol. The lowest BCUT2D eigenvalue weighted by molar-refractivity contribution is 0.361. The van der Waals surface area contributed by atoms with E-state index in [1.54, 1.807) is 0 Å². The molecule has 3 atom stereocenters. The lowest BCUT2D eigenvalue weighted by Gasteiger charge is -2.26. The molecule has 2 heteroatoms. The highest BCUT2D eigenvalue weighted by atomic mass is 14.9. The van der Waals surface area contributed by atoms with Gasteiger partial charge in [0.05, 0.1) is 0 Å². The van der Waals surface area contributed by atoms with Gasteiger partial charge in [-0.05, 0) is 54.7 Å². The molecule has 3 unspecified atom stereocenters. The Bertz CT molecular complexity index is 588. The van der Waals surface area contributed by atoms with Crippen LogP contribution in [0, 0.1) is 11.8 Å². The molecule has 1 aliphatic rings. The number of fused-ring (bicyclic) bond motifs is 1. The van der Waals surface area contributed by atoms with Crippen LogP contribution in [0.1, 0.15) is 51.1 Å². The van der Waals surface area contributed by atoms with Gasteiger partial charge in [0.15, 0.2) is 0 Å². The van der Waals surface area contributed by atoms with Crippen LogP contribution < -0.4 is 5.32 Å². The van der Waals surface area contributed by atoms with Gasteiger partial charge in [-0.25, -0.2) is 0 Å². The highest BCUT2D eigenvalue weighted by Gasteiger charge is 2.30. The Kier molecular flexibility index (Phi) is 4.54. The third-order valence-corrected chi connectivity index (χ3v) is 4.87. The van der Waals surface area contributed by atoms with Crippen LogP contribution in [0.2, 0.25) is 0 Å². The molecule has 2 aromatic rings. The molecule has 1 aromatic heterocycles. The first-order chi connectivity index (χ1) is 10.3. The summed E-state index contributed by atoms with van der Waals surface area (Å²) in [7, 11) is 0. The smallest absolute Gasteiger partial charge is 0.0354 e. The van der Waals surface area contributed by atoms with Gasteiger partial charge in [0.1, 0.15) is 0 Å². The van der Waals surface area contributed by atoms with Gasteiger partial charge in [0.2, 0.25) is 0 Å². The molecule has 1 aromatic carbocycles. The zero-order valence-corrected chi connectivity index (χ0v) is 13.2. The van der Waals surface area contributed by atoms with Crippen molar-refractivity contribution in [3.63, 3.8) is 0 Å². The van der Waals surface area contributed by atoms with Crippen LogP contribution in [0.15, 0.2) is 36.7 Å². The number of hydrogen-bond acceptors (Lipinski definition) is 2. The molecule has 1 saturated carbocycles. The Morgan fingerprint density at radius 1 is 1.29 bits per heavy atom. The summed E-state index contributed by atoms with van der Waals surface area (Å²) in [4.78, 5) is 4.26. The maximum Gasteiger partial charge on any atom is 0.0354 e. The van der Waals surface area contributed by atoms with E-state index < -0.39 is 0 Å². The van der Waals surface area contributed by atoms with Crippen molar-refractivity contribution in [2.75, 3.05) is 6.54 Å². The van der Waals surface area contributed by atoms with Crippen molar-refractivity contribution in [2.24, 2.45) is 11.8 Å². The molecule has 1 heterocycles. The van der Waals surface area contributed by atoms with Gasteiger partial charge >= 0.3 is 0 Å². The Morgan fingerprint density at radius 3 is 2.95 bits per heavy atom. The standard InChI is InChI=1S/C19H26N2/c1-3-10-21-19(15-8-7-14(2)12-15)18-6-4-5-16-13-20-11-9-17(16)18/h4-6,9,11,13-15,19,21H,3,7-8,10,12H2,1-2H3. The van der Waals surface area contributed by atoms with Crippen LogP contribution in [-0.4, -0.2) is 11.5 Å². The summed E-state index contributed by atoms with van der Waals surface area (Å²) >= 11 is 0. The van der Waals surface area contributed by atoms with Gasteiger partial charge in [-0.2, -0.15) is 0 Å². The summed E-state index contributed by atoms with van der Waals surface area (Å²) in [6.45, 7) is 5.73. The van der Waals surface area contributed by atoms with Crippen molar-refractivity contribution in [1.29, 1.82) is 0 Å². The van der Waals surface area contributed by atoms with E-state index in [2.05, 4.69) is 48.4 Å². The predicted octanol–water partition coefficient (Wildman–Crippen LogP) is 4.71. The monoisotopic (exact) mass is 282 g/mol. The molecule has 112 valence electrons. The van der Waals surface area contributed by atoms with E-state index in [0.29, 0.717) is 6.04 Å². The number of rotatable bonds is 5. The fourth-order valence-electron chi connectivity index (χ4n) is 3.80. The minimum atomic E-state index is 0.487. The maximum atomic E-state index is 4.26. The summed E-state index contributed by atoms with van der Waals surface area (Å²) < 4.78 is 0. The summed E-state index contributed by atoms with van der Waals surface area (Å²) in [5.74, 6) is 1.64. The van der Waals surface area contributed by atoms with Crippen molar-refractivity contribution >= 4 is 10.8 Å². The highest BCUT2D eigenvalue weighted by molar-refractivity contribution is 5.85. The molecule has 21 heavy (non-hydrogen) atoms. The van der Waals surface area contributed by atoms with Crippen LogP contribution in [0.25, 0.3) is 10.8 Å². The Balaban J connectivity index is 1.97. The number of benzene rings is 1. The van der Waals surface area contributed by atoms with Crippen molar-refractivity contribution in [3.8, 4) is 0 Å². The summed E-state index contributed by atoms with van der Waals surface area (Å²) in [5.41, 5.74) is 1.46. The van der Waals surface area contributed by atoms with Gasteiger partial charge in [0, 0.05) is 23.8 Å². The second kappa shape index (κ2) is 6.57. The molecular formula is C19H26N2. The van der Waals surface area contributed by atoms with E-state index in [-0.39, 0.29) is 0 Å². The molecule has 0 aliphatic heterocycles. The number of hydrogen-bond donors (Lipinski definition) is 1. The van der Waals surface area contributed by atoms with Gasteiger partial charge in [0.25, 0.3) is 0 Å². The summed E-state index contributed by atoms with van der Waals surface area (Å²) in [6.07, 6.45) is 9.16. The normalized spacial score (nSPS) is 23.5. The molecule has 1 N–H and O–H groups in total. The fourth-order valence-corrected chi connectivity index (χ4v) is 3.80. The number of pyridine rings is 1. The van der Waals surface area contributed by atoms with Crippen LogP contribution in [-0.2, 0) is 0 Å². The second-order valence-corrected chi connectivity index (χ2v) is 6.55. The molecule has 1 aliphatic carbocycles. The fraction of sp³-hybridized carbons (Fsp3) is 0.526. The van der Waals surface area contributed by atoms with Crippen LogP contribution >= 0.6 is 0 Å². The molecule has 0 amide bonds. The van der Waals surface area contributed by atoms with E-state index in [0.717, 1.165) is 18.4 Å². The van der Waals surface area contributed by atoms with Crippen molar-refractivity contribution < 1.29 is 0 Å². The van der Waals surface area contributed by atoms with Crippen molar-refractivity contribution in [2.45, 2.75) is 45.6 Å². The first-order valence-corrected chi connectivity index (χ1v) is 8.35. The van der Waals surface area contributed by atoms with Crippen LogP contribution in [0.4, 0.5) is 0 Å². The predicted molar refractivity (Wildman–Crippen MR) is 89.3 cm³/mol. The lowest BCUT2D eigenvalue weighted by atomic mass is 9.88. The van der Waals surface area contributed by atoms with Gasteiger partial charge in [-0.3, -0.25) is 4.98 Å². The SMILES string of the molecule is CCCNC(c1cccc2cnccc12)C1CCC(C)C1. The van der Waals surface area contributed by atoms with E-state index >= 15 is 0 Å². The zero-order chi connectivity index (χ0) is 14.7. The largest absolute Gasteiger partial charge is 0.310 e. The van der Waals surface area contributed by atoms with E-state index in [1.165, 1.54) is 42.0 Å². The third-order valence-electron chi connectivity index (χ3n) is 4.87. The highest BCUT2D eigenvalue weighted by Crippen LogP contribution is 2.40. The van der Waals surface area contributed by atoms with E-state index in [9.17, 15) is 0 Å². The first-order valence-electron chi connectivity index (χ1n) is 8.35. The van der Waals surface area contributed by atoms with Crippen molar-refractivity contribution in [3.05, 3.63) is 42.2 Å². The average Bonchev–Trinajstić information content (AvgIpc) is 2.94. The second-order valence-electron chi connectivity index (χ2n) is 6.55. The summed E-state index contributed by atoms with van der Waals surface area (Å²) in [5, 5.41) is 6.44.